The van der Waals surface area contributed by atoms with Crippen LogP contribution in [0, 0.1) is 51.1 Å². The fourth-order valence-corrected chi connectivity index (χ4v) is 3.82. The van der Waals surface area contributed by atoms with Gasteiger partial charge in [0.15, 0.2) is 0 Å². The molecule has 12 heteroatoms. The van der Waals surface area contributed by atoms with Gasteiger partial charge in [0.1, 0.15) is 34.5 Å². The van der Waals surface area contributed by atoms with E-state index in [-0.39, 0.29) is 34.3 Å². The SMILES string of the molecule is Cc1cc(Oc2cc(Oc3ccc([N+](=O)[O-])c(C)c3)cc(Oc3ccc([N+](=O)[O-])c(C)c3)c2)ccc1[N+](=O)[O-]. The Morgan fingerprint density at radius 2 is 0.692 bits per heavy atom. The van der Waals surface area contributed by atoms with Crippen LogP contribution in [-0.4, -0.2) is 14.8 Å². The maximum Gasteiger partial charge on any atom is 0.272 e. The van der Waals surface area contributed by atoms with Crippen molar-refractivity contribution in [1.82, 2.24) is 0 Å². The number of hydrogen-bond acceptors (Lipinski definition) is 9. The number of rotatable bonds is 9. The lowest BCUT2D eigenvalue weighted by Crippen LogP contribution is -1.95. The van der Waals surface area contributed by atoms with Crippen LogP contribution < -0.4 is 14.2 Å². The molecule has 0 bridgehead atoms. The van der Waals surface area contributed by atoms with Crippen LogP contribution in [0.4, 0.5) is 17.1 Å². The zero-order valence-corrected chi connectivity index (χ0v) is 20.9. The highest BCUT2D eigenvalue weighted by Gasteiger charge is 2.16. The molecule has 0 saturated heterocycles. The second kappa shape index (κ2) is 10.8. The monoisotopic (exact) mass is 531 g/mol. The molecule has 0 radical (unpaired) electrons. The van der Waals surface area contributed by atoms with Crippen LogP contribution in [-0.2, 0) is 0 Å². The Hall–Kier alpha value is -5.52. The average molecular weight is 531 g/mol. The lowest BCUT2D eigenvalue weighted by Gasteiger charge is -2.14. The average Bonchev–Trinajstić information content (AvgIpc) is 2.83. The van der Waals surface area contributed by atoms with Gasteiger partial charge in [-0.15, -0.1) is 0 Å². The molecule has 0 saturated carbocycles. The van der Waals surface area contributed by atoms with Gasteiger partial charge < -0.3 is 14.2 Å². The first-order valence-corrected chi connectivity index (χ1v) is 11.4. The third-order valence-corrected chi connectivity index (χ3v) is 5.66. The van der Waals surface area contributed by atoms with Crippen molar-refractivity contribution in [2.75, 3.05) is 0 Å². The van der Waals surface area contributed by atoms with Crippen LogP contribution in [0.15, 0.2) is 72.8 Å². The molecule has 0 aromatic heterocycles. The van der Waals surface area contributed by atoms with E-state index in [1.165, 1.54) is 54.6 Å². The topological polar surface area (TPSA) is 157 Å². The Bertz CT molecular complexity index is 1420. The highest BCUT2D eigenvalue weighted by molar-refractivity contribution is 5.52. The summed E-state index contributed by atoms with van der Waals surface area (Å²) in [7, 11) is 0. The van der Waals surface area contributed by atoms with E-state index < -0.39 is 14.8 Å². The standard InChI is InChI=1S/C27H21N3O9/c1-16-10-19(4-7-25(16)28(31)32)37-22-13-23(38-20-5-8-26(29(33)34)17(2)11-20)15-24(14-22)39-21-6-9-27(30(35)36)18(3)12-21/h4-15H,1-3H3. The van der Waals surface area contributed by atoms with Crippen molar-refractivity contribution in [3.8, 4) is 34.5 Å². The van der Waals surface area contributed by atoms with E-state index in [9.17, 15) is 30.3 Å². The summed E-state index contributed by atoms with van der Waals surface area (Å²) in [6.45, 7) is 4.77. The summed E-state index contributed by atoms with van der Waals surface area (Å²) in [6.07, 6.45) is 0. The summed E-state index contributed by atoms with van der Waals surface area (Å²) in [5, 5.41) is 33.4. The number of hydrogen-bond donors (Lipinski definition) is 0. The van der Waals surface area contributed by atoms with Gasteiger partial charge >= 0.3 is 0 Å². The highest BCUT2D eigenvalue weighted by Crippen LogP contribution is 2.37. The molecule has 0 atom stereocenters. The van der Waals surface area contributed by atoms with Crippen molar-refractivity contribution < 1.29 is 29.0 Å². The van der Waals surface area contributed by atoms with E-state index in [1.54, 1.807) is 39.0 Å². The summed E-state index contributed by atoms with van der Waals surface area (Å²) in [4.78, 5) is 32.0. The summed E-state index contributed by atoms with van der Waals surface area (Å²) >= 11 is 0. The molecule has 0 aliphatic carbocycles. The molecule has 0 unspecified atom stereocenters. The molecule has 4 aromatic carbocycles. The smallest absolute Gasteiger partial charge is 0.272 e. The minimum atomic E-state index is -0.488. The molecule has 198 valence electrons. The third-order valence-electron chi connectivity index (χ3n) is 5.66. The maximum atomic E-state index is 11.1. The molecule has 0 amide bonds. The van der Waals surface area contributed by atoms with E-state index >= 15 is 0 Å². The second-order valence-electron chi connectivity index (χ2n) is 8.56. The van der Waals surface area contributed by atoms with Crippen LogP contribution in [0.3, 0.4) is 0 Å². The van der Waals surface area contributed by atoms with Gasteiger partial charge in [-0.1, -0.05) is 0 Å². The first kappa shape index (κ1) is 26.5. The van der Waals surface area contributed by atoms with E-state index in [0.29, 0.717) is 33.9 Å². The normalized spacial score (nSPS) is 10.5. The number of benzene rings is 4. The van der Waals surface area contributed by atoms with Crippen LogP contribution in [0.25, 0.3) is 0 Å². The number of ether oxygens (including phenoxy) is 3. The maximum absolute atomic E-state index is 11.1. The molecule has 0 aliphatic rings. The van der Waals surface area contributed by atoms with Gasteiger partial charge in [0.05, 0.1) is 14.8 Å². The zero-order chi connectivity index (χ0) is 28.3. The lowest BCUT2D eigenvalue weighted by atomic mass is 10.2. The van der Waals surface area contributed by atoms with Gasteiger partial charge in [-0.3, -0.25) is 30.3 Å². The van der Waals surface area contributed by atoms with Crippen molar-refractivity contribution in [1.29, 1.82) is 0 Å². The molecule has 4 aromatic rings. The minimum absolute atomic E-state index is 0.0504. The van der Waals surface area contributed by atoms with E-state index in [4.69, 9.17) is 14.2 Å². The molecular formula is C27H21N3O9. The van der Waals surface area contributed by atoms with Gasteiger partial charge in [0, 0.05) is 53.1 Å². The minimum Gasteiger partial charge on any atom is -0.457 e. The highest BCUT2D eigenvalue weighted by atomic mass is 16.6. The van der Waals surface area contributed by atoms with Crippen LogP contribution in [0.5, 0.6) is 34.5 Å². The van der Waals surface area contributed by atoms with Crippen molar-refractivity contribution >= 4 is 17.1 Å². The largest absolute Gasteiger partial charge is 0.457 e. The molecule has 4 rings (SSSR count). The zero-order valence-electron chi connectivity index (χ0n) is 20.9. The van der Waals surface area contributed by atoms with Gasteiger partial charge in [-0.2, -0.15) is 0 Å². The van der Waals surface area contributed by atoms with Crippen molar-refractivity contribution in [3.63, 3.8) is 0 Å². The molecule has 0 heterocycles. The molecule has 0 aliphatic heterocycles. The van der Waals surface area contributed by atoms with Crippen molar-refractivity contribution in [2.24, 2.45) is 0 Å². The molecule has 0 N–H and O–H groups in total. The molecular weight excluding hydrogens is 510 g/mol. The lowest BCUT2D eigenvalue weighted by molar-refractivity contribution is -0.385. The molecule has 12 nitrogen and oxygen atoms in total. The quantitative estimate of drug-likeness (QED) is 0.156. The molecule has 0 fully saturated rings. The fourth-order valence-electron chi connectivity index (χ4n) is 3.82. The summed E-state index contributed by atoms with van der Waals surface area (Å²) in [6, 6.07) is 17.6. The van der Waals surface area contributed by atoms with Crippen molar-refractivity contribution in [2.45, 2.75) is 20.8 Å². The number of nitro groups is 3. The number of aryl methyl sites for hydroxylation is 3. The van der Waals surface area contributed by atoms with E-state index in [2.05, 4.69) is 0 Å². The van der Waals surface area contributed by atoms with Gasteiger partial charge in [-0.05, 0) is 57.2 Å². The van der Waals surface area contributed by atoms with Crippen LogP contribution >= 0.6 is 0 Å². The summed E-state index contributed by atoms with van der Waals surface area (Å²) in [5.74, 6) is 1.81. The summed E-state index contributed by atoms with van der Waals surface area (Å²) in [5.41, 5.74) is 1.07. The Morgan fingerprint density at radius 3 is 0.897 bits per heavy atom. The first-order valence-electron chi connectivity index (χ1n) is 11.4. The third kappa shape index (κ3) is 6.25. The first-order chi connectivity index (χ1) is 18.5. The predicted molar refractivity (Wildman–Crippen MR) is 140 cm³/mol. The number of nitro benzene ring substituents is 3. The predicted octanol–water partition coefficient (Wildman–Crippen LogP) is 7.71. The van der Waals surface area contributed by atoms with Crippen molar-refractivity contribution in [3.05, 3.63) is 120 Å². The Morgan fingerprint density at radius 1 is 0.436 bits per heavy atom. The van der Waals surface area contributed by atoms with E-state index in [0.717, 1.165) is 0 Å². The van der Waals surface area contributed by atoms with Gasteiger partial charge in [-0.25, -0.2) is 0 Å². The van der Waals surface area contributed by atoms with Crippen LogP contribution in [0.1, 0.15) is 16.7 Å². The van der Waals surface area contributed by atoms with Gasteiger partial charge in [0.25, 0.3) is 17.1 Å². The summed E-state index contributed by atoms with van der Waals surface area (Å²) < 4.78 is 17.8. The Balaban J connectivity index is 1.69. The van der Waals surface area contributed by atoms with E-state index in [1.807, 2.05) is 0 Å². The second-order valence-corrected chi connectivity index (χ2v) is 8.56. The van der Waals surface area contributed by atoms with Crippen LogP contribution in [0.2, 0.25) is 0 Å². The molecule has 0 spiro atoms. The fraction of sp³-hybridized carbons (Fsp3) is 0.111. The Labute approximate surface area is 221 Å². The number of nitrogens with zero attached hydrogens (tertiary/aromatic N) is 3. The van der Waals surface area contributed by atoms with Gasteiger partial charge in [0.2, 0.25) is 0 Å². The Kier molecular flexibility index (Phi) is 7.38. The molecule has 39 heavy (non-hydrogen) atoms.